The van der Waals surface area contributed by atoms with Crippen molar-refractivity contribution in [3.05, 3.63) is 22.2 Å². The maximum absolute atomic E-state index is 5.82. The molecule has 2 N–H and O–H groups in total. The van der Waals surface area contributed by atoms with Crippen LogP contribution in [0.5, 0.6) is 0 Å². The number of hydrogen-bond donors (Lipinski definition) is 1. The molecule has 12 heavy (non-hydrogen) atoms. The Balaban J connectivity index is 3.23. The van der Waals surface area contributed by atoms with Gasteiger partial charge in [-0.3, -0.25) is 0 Å². The van der Waals surface area contributed by atoms with E-state index < -0.39 is 0 Å². The predicted molar refractivity (Wildman–Crippen MR) is 55.2 cm³/mol. The third-order valence-electron chi connectivity index (χ3n) is 1.55. The van der Waals surface area contributed by atoms with Crippen molar-refractivity contribution in [3.63, 3.8) is 0 Å². The standard InChI is InChI=1S/C8H10Cl2N2/c1-12(2)8-4-6(10)5(9)3-7(8)11/h3-4H,11H2,1-2H3. The van der Waals surface area contributed by atoms with Crippen molar-refractivity contribution >= 4 is 34.6 Å². The van der Waals surface area contributed by atoms with Crippen molar-refractivity contribution in [3.8, 4) is 0 Å². The molecular weight excluding hydrogens is 195 g/mol. The van der Waals surface area contributed by atoms with E-state index in [2.05, 4.69) is 0 Å². The van der Waals surface area contributed by atoms with Crippen LogP contribution >= 0.6 is 23.2 Å². The summed E-state index contributed by atoms with van der Waals surface area (Å²) in [5.41, 5.74) is 7.22. The zero-order chi connectivity index (χ0) is 9.30. The Morgan fingerprint density at radius 3 is 2.17 bits per heavy atom. The zero-order valence-corrected chi connectivity index (χ0v) is 8.45. The van der Waals surface area contributed by atoms with Crippen molar-refractivity contribution in [2.75, 3.05) is 24.7 Å². The highest BCUT2D eigenvalue weighted by atomic mass is 35.5. The molecule has 4 heteroatoms. The highest BCUT2D eigenvalue weighted by Gasteiger charge is 2.05. The molecule has 0 atom stereocenters. The first-order valence-electron chi connectivity index (χ1n) is 3.44. The van der Waals surface area contributed by atoms with Gasteiger partial charge in [0, 0.05) is 14.1 Å². The number of nitrogen functional groups attached to an aromatic ring is 1. The van der Waals surface area contributed by atoms with Crippen LogP contribution in [0.25, 0.3) is 0 Å². The fraction of sp³-hybridized carbons (Fsp3) is 0.250. The molecule has 66 valence electrons. The van der Waals surface area contributed by atoms with Crippen molar-refractivity contribution in [2.24, 2.45) is 0 Å². The van der Waals surface area contributed by atoms with Crippen molar-refractivity contribution in [2.45, 2.75) is 0 Å². The molecule has 1 aromatic rings. The molecule has 0 spiro atoms. The topological polar surface area (TPSA) is 29.3 Å². The molecule has 0 saturated heterocycles. The molecule has 0 aliphatic carbocycles. The number of benzene rings is 1. The minimum atomic E-state index is 0.486. The molecule has 0 fully saturated rings. The second-order valence-electron chi connectivity index (χ2n) is 2.72. The van der Waals surface area contributed by atoms with E-state index >= 15 is 0 Å². The van der Waals surface area contributed by atoms with Gasteiger partial charge in [-0.25, -0.2) is 0 Å². The van der Waals surface area contributed by atoms with Crippen LogP contribution in [0.15, 0.2) is 12.1 Å². The molecule has 0 amide bonds. The average molecular weight is 205 g/mol. The monoisotopic (exact) mass is 204 g/mol. The zero-order valence-electron chi connectivity index (χ0n) is 6.94. The lowest BCUT2D eigenvalue weighted by Crippen LogP contribution is -2.10. The summed E-state index contributed by atoms with van der Waals surface area (Å²) in [7, 11) is 3.80. The lowest BCUT2D eigenvalue weighted by atomic mass is 10.2. The Bertz CT molecular complexity index is 297. The second kappa shape index (κ2) is 3.42. The minimum absolute atomic E-state index is 0.486. The minimum Gasteiger partial charge on any atom is -0.397 e. The van der Waals surface area contributed by atoms with Crippen LogP contribution in [0.3, 0.4) is 0 Å². The molecule has 0 heterocycles. The molecule has 0 saturated carbocycles. The van der Waals surface area contributed by atoms with Gasteiger partial charge in [0.05, 0.1) is 21.4 Å². The summed E-state index contributed by atoms with van der Waals surface area (Å²) in [5, 5.41) is 1.01. The molecule has 0 aliphatic heterocycles. The van der Waals surface area contributed by atoms with Gasteiger partial charge in [-0.05, 0) is 12.1 Å². The maximum atomic E-state index is 5.82. The summed E-state index contributed by atoms with van der Waals surface area (Å²) in [4.78, 5) is 1.89. The first-order chi connectivity index (χ1) is 5.52. The predicted octanol–water partition coefficient (Wildman–Crippen LogP) is 2.64. The summed E-state index contributed by atoms with van der Waals surface area (Å²) in [6.07, 6.45) is 0. The largest absolute Gasteiger partial charge is 0.397 e. The Kier molecular flexibility index (Phi) is 2.70. The van der Waals surface area contributed by atoms with Gasteiger partial charge in [-0.1, -0.05) is 23.2 Å². The van der Waals surface area contributed by atoms with Gasteiger partial charge in [0.1, 0.15) is 0 Å². The van der Waals surface area contributed by atoms with E-state index in [-0.39, 0.29) is 0 Å². The first-order valence-corrected chi connectivity index (χ1v) is 4.20. The first kappa shape index (κ1) is 9.49. The lowest BCUT2D eigenvalue weighted by molar-refractivity contribution is 1.13. The van der Waals surface area contributed by atoms with E-state index in [1.54, 1.807) is 12.1 Å². The number of halogens is 2. The SMILES string of the molecule is CN(C)c1cc(Cl)c(Cl)cc1N. The van der Waals surface area contributed by atoms with Crippen LogP contribution in [-0.4, -0.2) is 14.1 Å². The van der Waals surface area contributed by atoms with E-state index in [0.29, 0.717) is 15.7 Å². The maximum Gasteiger partial charge on any atom is 0.0614 e. The molecule has 0 radical (unpaired) electrons. The van der Waals surface area contributed by atoms with Crippen LogP contribution in [0.1, 0.15) is 0 Å². The summed E-state index contributed by atoms with van der Waals surface area (Å²) >= 11 is 11.6. The number of rotatable bonds is 1. The fourth-order valence-electron chi connectivity index (χ4n) is 0.939. The third kappa shape index (κ3) is 1.76. The normalized spacial score (nSPS) is 10.0. The molecule has 1 aromatic carbocycles. The Labute approximate surface area is 81.9 Å². The van der Waals surface area contributed by atoms with Gasteiger partial charge < -0.3 is 10.6 Å². The second-order valence-corrected chi connectivity index (χ2v) is 3.53. The van der Waals surface area contributed by atoms with Crippen molar-refractivity contribution in [1.29, 1.82) is 0 Å². The summed E-state index contributed by atoms with van der Waals surface area (Å²) in [6, 6.07) is 3.40. The number of nitrogens with two attached hydrogens (primary N) is 1. The van der Waals surface area contributed by atoms with Gasteiger partial charge in [0.25, 0.3) is 0 Å². The van der Waals surface area contributed by atoms with Crippen LogP contribution in [0, 0.1) is 0 Å². The average Bonchev–Trinajstić information content (AvgIpc) is 1.96. The van der Waals surface area contributed by atoms with E-state index in [1.165, 1.54) is 0 Å². The molecule has 1 rings (SSSR count). The van der Waals surface area contributed by atoms with Gasteiger partial charge in [0.2, 0.25) is 0 Å². The summed E-state index contributed by atoms with van der Waals surface area (Å²) in [6.45, 7) is 0. The van der Waals surface area contributed by atoms with E-state index in [9.17, 15) is 0 Å². The fourth-order valence-corrected chi connectivity index (χ4v) is 1.27. The third-order valence-corrected chi connectivity index (χ3v) is 2.27. The quantitative estimate of drug-likeness (QED) is 0.714. The Hall–Kier alpha value is -0.600. The Morgan fingerprint density at radius 2 is 1.67 bits per heavy atom. The van der Waals surface area contributed by atoms with E-state index in [4.69, 9.17) is 28.9 Å². The van der Waals surface area contributed by atoms with Gasteiger partial charge in [0.15, 0.2) is 0 Å². The number of hydrogen-bond acceptors (Lipinski definition) is 2. The van der Waals surface area contributed by atoms with E-state index in [1.807, 2.05) is 19.0 Å². The number of anilines is 2. The highest BCUT2D eigenvalue weighted by Crippen LogP contribution is 2.31. The van der Waals surface area contributed by atoms with E-state index in [0.717, 1.165) is 5.69 Å². The van der Waals surface area contributed by atoms with Crippen LogP contribution in [0.2, 0.25) is 10.0 Å². The molecule has 2 nitrogen and oxygen atoms in total. The summed E-state index contributed by atoms with van der Waals surface area (Å²) in [5.74, 6) is 0. The molecule has 0 bridgehead atoms. The smallest absolute Gasteiger partial charge is 0.0614 e. The van der Waals surface area contributed by atoms with Gasteiger partial charge >= 0.3 is 0 Å². The highest BCUT2D eigenvalue weighted by molar-refractivity contribution is 6.42. The van der Waals surface area contributed by atoms with Gasteiger partial charge in [-0.15, -0.1) is 0 Å². The van der Waals surface area contributed by atoms with Crippen LogP contribution in [-0.2, 0) is 0 Å². The van der Waals surface area contributed by atoms with Crippen LogP contribution in [0.4, 0.5) is 11.4 Å². The lowest BCUT2D eigenvalue weighted by Gasteiger charge is -2.15. The van der Waals surface area contributed by atoms with Gasteiger partial charge in [-0.2, -0.15) is 0 Å². The van der Waals surface area contributed by atoms with Crippen molar-refractivity contribution < 1.29 is 0 Å². The molecular formula is C8H10Cl2N2. The van der Waals surface area contributed by atoms with Crippen molar-refractivity contribution in [1.82, 2.24) is 0 Å². The summed E-state index contributed by atoms with van der Waals surface area (Å²) < 4.78 is 0. The molecule has 0 aliphatic rings. The van der Waals surface area contributed by atoms with Crippen LogP contribution < -0.4 is 10.6 Å². The molecule has 0 aromatic heterocycles. The Morgan fingerprint density at radius 1 is 1.17 bits per heavy atom. The molecule has 0 unspecified atom stereocenters. The number of nitrogens with zero attached hydrogens (tertiary/aromatic N) is 1.